The minimum absolute atomic E-state index is 0.0292. The minimum Gasteiger partial charge on any atom is -0.476 e. The Hall–Kier alpha value is -1.98. The number of nitrogens with zero attached hydrogens (tertiary/aromatic N) is 2. The molecule has 1 amide bonds. The van der Waals surface area contributed by atoms with Crippen molar-refractivity contribution < 1.29 is 9.53 Å². The number of hydrogen-bond donors (Lipinski definition) is 2. The summed E-state index contributed by atoms with van der Waals surface area (Å²) in [6.45, 7) is 9.15. The van der Waals surface area contributed by atoms with Crippen LogP contribution in [-0.4, -0.2) is 36.6 Å². The second-order valence-electron chi connectivity index (χ2n) is 4.73. The van der Waals surface area contributed by atoms with Gasteiger partial charge in [0.15, 0.2) is 0 Å². The van der Waals surface area contributed by atoms with Crippen LogP contribution in [-0.2, 0) is 4.79 Å². The van der Waals surface area contributed by atoms with E-state index in [1.807, 2.05) is 32.6 Å². The van der Waals surface area contributed by atoms with Crippen LogP contribution in [0.15, 0.2) is 12.1 Å². The van der Waals surface area contributed by atoms with E-state index in [4.69, 9.17) is 10.5 Å². The van der Waals surface area contributed by atoms with Gasteiger partial charge in [-0.2, -0.15) is 4.98 Å². The molecule has 0 aliphatic rings. The van der Waals surface area contributed by atoms with E-state index in [1.165, 1.54) is 0 Å². The topological polar surface area (TPSA) is 80.5 Å². The van der Waals surface area contributed by atoms with Gasteiger partial charge in [-0.15, -0.1) is 0 Å². The van der Waals surface area contributed by atoms with Crippen molar-refractivity contribution in [2.24, 2.45) is 0 Å². The Bertz CT molecular complexity index is 449. The molecular formula is C14H24N4O2. The van der Waals surface area contributed by atoms with E-state index in [0.29, 0.717) is 30.5 Å². The predicted molar refractivity (Wildman–Crippen MR) is 81.0 cm³/mol. The Morgan fingerprint density at radius 1 is 1.45 bits per heavy atom. The lowest BCUT2D eigenvalue weighted by Gasteiger charge is -2.22. The maximum atomic E-state index is 11.8. The van der Waals surface area contributed by atoms with Crippen LogP contribution in [0.25, 0.3) is 0 Å². The number of hydrogen-bond acceptors (Lipinski definition) is 5. The summed E-state index contributed by atoms with van der Waals surface area (Å²) >= 11 is 0. The van der Waals surface area contributed by atoms with Crippen molar-refractivity contribution in [1.29, 1.82) is 0 Å². The Morgan fingerprint density at radius 3 is 2.70 bits per heavy atom. The zero-order valence-corrected chi connectivity index (χ0v) is 12.6. The molecule has 1 aromatic heterocycles. The second kappa shape index (κ2) is 7.57. The molecule has 0 bridgehead atoms. The van der Waals surface area contributed by atoms with Gasteiger partial charge < -0.3 is 20.7 Å². The van der Waals surface area contributed by atoms with E-state index >= 15 is 0 Å². The van der Waals surface area contributed by atoms with Crippen molar-refractivity contribution in [2.45, 2.75) is 33.7 Å². The number of ether oxygens (including phenoxy) is 1. The summed E-state index contributed by atoms with van der Waals surface area (Å²) in [5.41, 5.74) is 6.30. The number of likely N-dealkylation sites (N-methyl/N-ethyl adjacent to an activating group) is 1. The number of anilines is 2. The fourth-order valence-corrected chi connectivity index (χ4v) is 1.77. The quantitative estimate of drug-likeness (QED) is 0.789. The van der Waals surface area contributed by atoms with Gasteiger partial charge in [-0.05, 0) is 39.8 Å². The highest BCUT2D eigenvalue weighted by atomic mass is 16.5. The van der Waals surface area contributed by atoms with Crippen molar-refractivity contribution in [1.82, 2.24) is 10.3 Å². The number of rotatable bonds is 7. The summed E-state index contributed by atoms with van der Waals surface area (Å²) in [5, 5.41) is 2.86. The van der Waals surface area contributed by atoms with E-state index in [2.05, 4.69) is 10.3 Å². The molecule has 6 nitrogen and oxygen atoms in total. The summed E-state index contributed by atoms with van der Waals surface area (Å²) in [6.07, 6.45) is 0. The monoisotopic (exact) mass is 280 g/mol. The van der Waals surface area contributed by atoms with Gasteiger partial charge in [-0.25, -0.2) is 0 Å². The SMILES string of the molecule is CCOc1nc(N(CC)CC(=O)NC(C)C)ccc1N. The molecule has 1 aromatic rings. The van der Waals surface area contributed by atoms with Crippen LogP contribution in [0.1, 0.15) is 27.7 Å². The number of pyridine rings is 1. The second-order valence-corrected chi connectivity index (χ2v) is 4.73. The molecule has 1 rings (SSSR count). The van der Waals surface area contributed by atoms with Crippen LogP contribution in [0.3, 0.4) is 0 Å². The van der Waals surface area contributed by atoms with E-state index in [9.17, 15) is 4.79 Å². The summed E-state index contributed by atoms with van der Waals surface area (Å²) in [4.78, 5) is 18.1. The number of nitrogens with one attached hydrogen (secondary N) is 1. The lowest BCUT2D eigenvalue weighted by molar-refractivity contribution is -0.120. The number of amides is 1. The maximum absolute atomic E-state index is 11.8. The van der Waals surface area contributed by atoms with Gasteiger partial charge in [0.25, 0.3) is 0 Å². The van der Waals surface area contributed by atoms with Gasteiger partial charge in [0.05, 0.1) is 18.8 Å². The summed E-state index contributed by atoms with van der Waals surface area (Å²) in [6, 6.07) is 3.67. The highest BCUT2D eigenvalue weighted by molar-refractivity contribution is 5.81. The Balaban J connectivity index is 2.84. The molecule has 1 heterocycles. The number of nitrogens with two attached hydrogens (primary N) is 1. The predicted octanol–water partition coefficient (Wildman–Crippen LogP) is 1.41. The van der Waals surface area contributed by atoms with Crippen LogP contribution in [0.5, 0.6) is 5.88 Å². The standard InChI is InChI=1S/C14H24N4O2/c1-5-18(9-13(19)16-10(3)4)12-8-7-11(15)14(17-12)20-6-2/h7-8,10H,5-6,9,15H2,1-4H3,(H,16,19). The van der Waals surface area contributed by atoms with E-state index < -0.39 is 0 Å². The molecule has 20 heavy (non-hydrogen) atoms. The third kappa shape index (κ3) is 4.60. The highest BCUT2D eigenvalue weighted by Gasteiger charge is 2.13. The van der Waals surface area contributed by atoms with Crippen LogP contribution < -0.4 is 20.7 Å². The molecule has 0 saturated heterocycles. The van der Waals surface area contributed by atoms with E-state index in [0.717, 1.165) is 0 Å². The Labute approximate surface area is 120 Å². The van der Waals surface area contributed by atoms with E-state index in [-0.39, 0.29) is 18.5 Å². The van der Waals surface area contributed by atoms with Crippen LogP contribution in [0, 0.1) is 0 Å². The molecular weight excluding hydrogens is 256 g/mol. The van der Waals surface area contributed by atoms with Crippen molar-refractivity contribution in [3.05, 3.63) is 12.1 Å². The minimum atomic E-state index is -0.0292. The number of nitrogen functional groups attached to an aromatic ring is 1. The van der Waals surface area contributed by atoms with Gasteiger partial charge >= 0.3 is 0 Å². The van der Waals surface area contributed by atoms with Crippen molar-refractivity contribution >= 4 is 17.4 Å². The number of carbonyl (C=O) groups excluding carboxylic acids is 1. The third-order valence-corrected chi connectivity index (χ3v) is 2.65. The fraction of sp³-hybridized carbons (Fsp3) is 0.571. The summed E-state index contributed by atoms with van der Waals surface area (Å²) in [5.74, 6) is 1.07. The molecule has 0 radical (unpaired) electrons. The molecule has 0 aromatic carbocycles. The molecule has 6 heteroatoms. The average molecular weight is 280 g/mol. The molecule has 0 atom stereocenters. The summed E-state index contributed by atoms with van der Waals surface area (Å²) in [7, 11) is 0. The molecule has 0 aliphatic heterocycles. The van der Waals surface area contributed by atoms with Crippen molar-refractivity contribution in [3.8, 4) is 5.88 Å². The van der Waals surface area contributed by atoms with Crippen molar-refractivity contribution in [3.63, 3.8) is 0 Å². The Kier molecular flexibility index (Phi) is 6.09. The smallest absolute Gasteiger partial charge is 0.239 e. The van der Waals surface area contributed by atoms with Crippen LogP contribution in [0.2, 0.25) is 0 Å². The van der Waals surface area contributed by atoms with Gasteiger partial charge in [0.2, 0.25) is 11.8 Å². The largest absolute Gasteiger partial charge is 0.476 e. The normalized spacial score (nSPS) is 10.4. The van der Waals surface area contributed by atoms with Crippen molar-refractivity contribution in [2.75, 3.05) is 30.3 Å². The molecule has 0 fully saturated rings. The molecule has 0 aliphatic carbocycles. The first-order valence-corrected chi connectivity index (χ1v) is 6.91. The van der Waals surface area contributed by atoms with Crippen LogP contribution >= 0.6 is 0 Å². The van der Waals surface area contributed by atoms with Gasteiger partial charge in [-0.1, -0.05) is 0 Å². The molecule has 0 unspecified atom stereocenters. The van der Waals surface area contributed by atoms with Gasteiger partial charge in [0.1, 0.15) is 5.82 Å². The highest BCUT2D eigenvalue weighted by Crippen LogP contribution is 2.22. The molecule has 112 valence electrons. The lowest BCUT2D eigenvalue weighted by Crippen LogP contribution is -2.40. The maximum Gasteiger partial charge on any atom is 0.239 e. The molecule has 0 saturated carbocycles. The zero-order chi connectivity index (χ0) is 15.1. The third-order valence-electron chi connectivity index (χ3n) is 2.65. The Morgan fingerprint density at radius 2 is 2.15 bits per heavy atom. The lowest BCUT2D eigenvalue weighted by atomic mass is 10.3. The average Bonchev–Trinajstić information content (AvgIpc) is 2.38. The zero-order valence-electron chi connectivity index (χ0n) is 12.6. The fourth-order valence-electron chi connectivity index (χ4n) is 1.77. The molecule has 3 N–H and O–H groups in total. The van der Waals surface area contributed by atoms with Crippen LogP contribution in [0.4, 0.5) is 11.5 Å². The van der Waals surface area contributed by atoms with Gasteiger partial charge in [-0.3, -0.25) is 4.79 Å². The first-order valence-electron chi connectivity index (χ1n) is 6.91. The first kappa shape index (κ1) is 16.1. The van der Waals surface area contributed by atoms with E-state index in [1.54, 1.807) is 12.1 Å². The number of aromatic nitrogens is 1. The number of carbonyl (C=O) groups is 1. The summed E-state index contributed by atoms with van der Waals surface area (Å²) < 4.78 is 5.38. The van der Waals surface area contributed by atoms with Gasteiger partial charge in [0, 0.05) is 12.6 Å². The first-order chi connectivity index (χ1) is 9.47. The molecule has 0 spiro atoms.